The van der Waals surface area contributed by atoms with Gasteiger partial charge in [-0.1, -0.05) is 30.3 Å². The number of carboxylic acid groups (broad SMARTS) is 1. The first-order chi connectivity index (χ1) is 10.1. The number of carbonyl (C=O) groups is 2. The van der Waals surface area contributed by atoms with E-state index in [4.69, 9.17) is 16.3 Å². The molecule has 1 heterocycles. The molecule has 5 nitrogen and oxygen atoms in total. The number of alkyl halides is 1. The number of ether oxygens (including phenoxy) is 1. The van der Waals surface area contributed by atoms with Crippen LogP contribution in [-0.2, 0) is 16.1 Å². The van der Waals surface area contributed by atoms with Crippen molar-refractivity contribution in [2.75, 3.05) is 19.0 Å². The average molecular weight is 312 g/mol. The second kappa shape index (κ2) is 6.80. The maximum absolute atomic E-state index is 12.0. The van der Waals surface area contributed by atoms with E-state index in [0.29, 0.717) is 25.9 Å². The van der Waals surface area contributed by atoms with Crippen molar-refractivity contribution in [3.63, 3.8) is 0 Å². The van der Waals surface area contributed by atoms with Gasteiger partial charge in [0.25, 0.3) is 0 Å². The molecule has 0 saturated carbocycles. The maximum Gasteiger partial charge on any atom is 0.410 e. The first-order valence-electron chi connectivity index (χ1n) is 6.82. The molecule has 2 rings (SSSR count). The summed E-state index contributed by atoms with van der Waals surface area (Å²) >= 11 is 5.79. The summed E-state index contributed by atoms with van der Waals surface area (Å²) in [6, 6.07) is 9.42. The first-order valence-corrected chi connectivity index (χ1v) is 7.36. The molecule has 21 heavy (non-hydrogen) atoms. The second-order valence-electron chi connectivity index (χ2n) is 5.25. The molecule has 114 valence electrons. The maximum atomic E-state index is 12.0. The van der Waals surface area contributed by atoms with Crippen LogP contribution in [0.4, 0.5) is 4.79 Å². The van der Waals surface area contributed by atoms with Gasteiger partial charge in [-0.2, -0.15) is 0 Å². The molecule has 0 aromatic heterocycles. The van der Waals surface area contributed by atoms with Crippen LogP contribution in [0.5, 0.6) is 0 Å². The summed E-state index contributed by atoms with van der Waals surface area (Å²) < 4.78 is 5.24. The standard InChI is InChI=1S/C15H18ClNO4/c16-11-15(13(18)19)6-8-17(9-7-15)14(20)21-10-12-4-2-1-3-5-12/h1-5H,6-11H2,(H,18,19). The fourth-order valence-electron chi connectivity index (χ4n) is 2.33. The number of benzene rings is 1. The lowest BCUT2D eigenvalue weighted by Gasteiger charge is -2.37. The van der Waals surface area contributed by atoms with E-state index in [1.165, 1.54) is 4.90 Å². The van der Waals surface area contributed by atoms with Gasteiger partial charge in [-0.25, -0.2) is 4.79 Å². The van der Waals surface area contributed by atoms with Crippen molar-refractivity contribution >= 4 is 23.7 Å². The summed E-state index contributed by atoms with van der Waals surface area (Å²) in [6.07, 6.45) is 0.297. The van der Waals surface area contributed by atoms with Crippen molar-refractivity contribution in [3.05, 3.63) is 35.9 Å². The second-order valence-corrected chi connectivity index (χ2v) is 5.51. The summed E-state index contributed by atoms with van der Waals surface area (Å²) in [6.45, 7) is 0.926. The predicted octanol–water partition coefficient (Wildman–Crippen LogP) is 2.73. The number of rotatable bonds is 4. The van der Waals surface area contributed by atoms with Crippen LogP contribution in [-0.4, -0.2) is 41.0 Å². The van der Waals surface area contributed by atoms with E-state index in [0.717, 1.165) is 5.56 Å². The molecular formula is C15H18ClNO4. The smallest absolute Gasteiger partial charge is 0.410 e. The molecule has 0 aliphatic carbocycles. The van der Waals surface area contributed by atoms with Crippen LogP contribution in [0, 0.1) is 5.41 Å². The fraction of sp³-hybridized carbons (Fsp3) is 0.467. The van der Waals surface area contributed by atoms with Crippen molar-refractivity contribution in [2.24, 2.45) is 5.41 Å². The zero-order chi connectivity index (χ0) is 15.3. The van der Waals surface area contributed by atoms with Crippen LogP contribution >= 0.6 is 11.6 Å². The van der Waals surface area contributed by atoms with Gasteiger partial charge in [0.15, 0.2) is 0 Å². The van der Waals surface area contributed by atoms with Gasteiger partial charge in [0.05, 0.1) is 5.41 Å². The van der Waals surface area contributed by atoms with Crippen molar-refractivity contribution in [1.29, 1.82) is 0 Å². The molecule has 1 fully saturated rings. The van der Waals surface area contributed by atoms with Crippen molar-refractivity contribution in [3.8, 4) is 0 Å². The van der Waals surface area contributed by atoms with E-state index in [1.807, 2.05) is 30.3 Å². The highest BCUT2D eigenvalue weighted by atomic mass is 35.5. The number of amides is 1. The Morgan fingerprint density at radius 3 is 2.38 bits per heavy atom. The fourth-order valence-corrected chi connectivity index (χ4v) is 2.71. The van der Waals surface area contributed by atoms with E-state index < -0.39 is 17.5 Å². The molecule has 0 spiro atoms. The zero-order valence-corrected chi connectivity index (χ0v) is 12.4. The Hall–Kier alpha value is -1.75. The third-order valence-electron chi connectivity index (χ3n) is 3.89. The van der Waals surface area contributed by atoms with Crippen molar-refractivity contribution < 1.29 is 19.4 Å². The lowest BCUT2D eigenvalue weighted by atomic mass is 9.80. The Morgan fingerprint density at radius 2 is 1.86 bits per heavy atom. The van der Waals surface area contributed by atoms with Crippen LogP contribution < -0.4 is 0 Å². The molecule has 1 saturated heterocycles. The van der Waals surface area contributed by atoms with Gasteiger partial charge >= 0.3 is 12.1 Å². The molecule has 1 aliphatic heterocycles. The third kappa shape index (κ3) is 3.67. The SMILES string of the molecule is O=C(OCc1ccccc1)N1CCC(CCl)(C(=O)O)CC1. The molecule has 1 N–H and O–H groups in total. The number of nitrogens with zero attached hydrogens (tertiary/aromatic N) is 1. The normalized spacial score (nSPS) is 17.3. The summed E-state index contributed by atoms with van der Waals surface area (Å²) in [5, 5.41) is 9.25. The molecule has 0 atom stereocenters. The molecule has 1 amide bonds. The van der Waals surface area contributed by atoms with E-state index >= 15 is 0 Å². The molecule has 0 radical (unpaired) electrons. The lowest BCUT2D eigenvalue weighted by Crippen LogP contribution is -2.47. The topological polar surface area (TPSA) is 66.8 Å². The number of halogens is 1. The van der Waals surface area contributed by atoms with Crippen LogP contribution in [0.25, 0.3) is 0 Å². The van der Waals surface area contributed by atoms with Gasteiger partial charge in [0.2, 0.25) is 0 Å². The van der Waals surface area contributed by atoms with Gasteiger partial charge in [-0.05, 0) is 18.4 Å². The number of hydrogen-bond acceptors (Lipinski definition) is 3. The molecule has 0 bridgehead atoms. The molecule has 1 aromatic rings. The first kappa shape index (κ1) is 15.6. The number of aliphatic carboxylic acids is 1. The number of carboxylic acids is 1. The Balaban J connectivity index is 1.84. The van der Waals surface area contributed by atoms with E-state index in [2.05, 4.69) is 0 Å². The van der Waals surface area contributed by atoms with Crippen molar-refractivity contribution in [2.45, 2.75) is 19.4 Å². The highest BCUT2D eigenvalue weighted by Gasteiger charge is 2.42. The number of piperidine rings is 1. The molecule has 1 aliphatic rings. The quantitative estimate of drug-likeness (QED) is 0.868. The number of carbonyl (C=O) groups excluding carboxylic acids is 1. The number of likely N-dealkylation sites (tertiary alicyclic amines) is 1. The Labute approximate surface area is 128 Å². The minimum atomic E-state index is -0.919. The Kier molecular flexibility index (Phi) is 5.07. The monoisotopic (exact) mass is 311 g/mol. The zero-order valence-electron chi connectivity index (χ0n) is 11.6. The van der Waals surface area contributed by atoms with Crippen LogP contribution in [0.2, 0.25) is 0 Å². The van der Waals surface area contributed by atoms with Crippen LogP contribution in [0.3, 0.4) is 0 Å². The van der Waals surface area contributed by atoms with Crippen LogP contribution in [0.15, 0.2) is 30.3 Å². The molecular weight excluding hydrogens is 294 g/mol. The minimum absolute atomic E-state index is 0.0647. The largest absolute Gasteiger partial charge is 0.481 e. The average Bonchev–Trinajstić information content (AvgIpc) is 2.53. The van der Waals surface area contributed by atoms with E-state index in [9.17, 15) is 14.7 Å². The highest BCUT2D eigenvalue weighted by Crippen LogP contribution is 2.33. The van der Waals surface area contributed by atoms with Gasteiger partial charge in [0, 0.05) is 19.0 Å². The summed E-state index contributed by atoms with van der Waals surface area (Å²) in [5.74, 6) is -0.829. The lowest BCUT2D eigenvalue weighted by molar-refractivity contribution is -0.150. The summed E-state index contributed by atoms with van der Waals surface area (Å²) in [5.41, 5.74) is 0.00102. The van der Waals surface area contributed by atoms with Gasteiger partial charge < -0.3 is 14.7 Å². The van der Waals surface area contributed by atoms with Crippen LogP contribution in [0.1, 0.15) is 18.4 Å². The molecule has 6 heteroatoms. The minimum Gasteiger partial charge on any atom is -0.481 e. The van der Waals surface area contributed by atoms with Gasteiger partial charge in [0.1, 0.15) is 6.61 Å². The molecule has 0 unspecified atom stereocenters. The predicted molar refractivity (Wildman–Crippen MR) is 78.2 cm³/mol. The summed E-state index contributed by atoms with van der Waals surface area (Å²) in [7, 11) is 0. The van der Waals surface area contributed by atoms with Gasteiger partial charge in [-0.15, -0.1) is 11.6 Å². The van der Waals surface area contributed by atoms with E-state index in [-0.39, 0.29) is 12.5 Å². The number of hydrogen-bond donors (Lipinski definition) is 1. The summed E-state index contributed by atoms with van der Waals surface area (Å²) in [4.78, 5) is 24.8. The Bertz CT molecular complexity index is 498. The Morgan fingerprint density at radius 1 is 1.24 bits per heavy atom. The van der Waals surface area contributed by atoms with Gasteiger partial charge in [-0.3, -0.25) is 4.79 Å². The van der Waals surface area contributed by atoms with Crippen molar-refractivity contribution in [1.82, 2.24) is 4.90 Å². The third-order valence-corrected chi connectivity index (χ3v) is 4.40. The van der Waals surface area contributed by atoms with E-state index in [1.54, 1.807) is 0 Å². The molecule has 1 aromatic carbocycles. The highest BCUT2D eigenvalue weighted by molar-refractivity contribution is 6.19.